The molecule has 0 radical (unpaired) electrons. The minimum absolute atomic E-state index is 0. The van der Waals surface area contributed by atoms with Crippen LogP contribution in [0.25, 0.3) is 33.4 Å². The molecule has 6 aromatic rings. The summed E-state index contributed by atoms with van der Waals surface area (Å²) in [6, 6.07) is 49.7. The zero-order valence-corrected chi connectivity index (χ0v) is 38.4. The molecule has 2 aliphatic carbocycles. The maximum atomic E-state index is 6.48. The predicted molar refractivity (Wildman–Crippen MR) is 244 cm³/mol. The quantitative estimate of drug-likeness (QED) is 0.156. The molecule has 56 heavy (non-hydrogen) atoms. The van der Waals surface area contributed by atoms with Crippen LogP contribution in [0.3, 0.4) is 0 Å². The van der Waals surface area contributed by atoms with Crippen LogP contribution in [0.15, 0.2) is 155 Å². The van der Waals surface area contributed by atoms with E-state index >= 15 is 0 Å². The molecule has 0 aliphatic heterocycles. The van der Waals surface area contributed by atoms with E-state index in [1.54, 1.807) is 6.49 Å². The molecule has 2 aliphatic rings. The molecule has 0 spiro atoms. The molecule has 0 unspecified atom stereocenters. The van der Waals surface area contributed by atoms with E-state index in [2.05, 4.69) is 169 Å². The number of hydrogen-bond acceptors (Lipinski definition) is 0. The Morgan fingerprint density at radius 2 is 0.946 bits per heavy atom. The van der Waals surface area contributed by atoms with Gasteiger partial charge in [-0.25, -0.2) is 0 Å². The molecule has 0 N–H and O–H groups in total. The van der Waals surface area contributed by atoms with Gasteiger partial charge in [0.2, 0.25) is 0 Å². The van der Waals surface area contributed by atoms with Crippen molar-refractivity contribution in [2.24, 2.45) is 0 Å². The van der Waals surface area contributed by atoms with Crippen molar-refractivity contribution in [3.8, 4) is 33.4 Å². The Bertz CT molecular complexity index is 2310. The molecule has 0 heterocycles. The Morgan fingerprint density at radius 1 is 0.536 bits per heavy atom. The van der Waals surface area contributed by atoms with Crippen LogP contribution in [0.5, 0.6) is 0 Å². The molecule has 5 heteroatoms. The van der Waals surface area contributed by atoms with Gasteiger partial charge in [-0.3, -0.25) is 0 Å². The van der Waals surface area contributed by atoms with E-state index in [4.69, 9.17) is 23.2 Å². The summed E-state index contributed by atoms with van der Waals surface area (Å²) >= 11 is 10.0. The molecule has 6 aromatic carbocycles. The van der Waals surface area contributed by atoms with Gasteiger partial charge in [-0.05, 0) is 0 Å². The predicted octanol–water partition coefficient (Wildman–Crippen LogP) is 15.6. The van der Waals surface area contributed by atoms with Gasteiger partial charge in [-0.2, -0.15) is 0 Å². The van der Waals surface area contributed by atoms with E-state index in [0.717, 1.165) is 16.5 Å². The molecule has 0 bridgehead atoms. The van der Waals surface area contributed by atoms with Crippen molar-refractivity contribution in [1.82, 2.24) is 0 Å². The number of benzene rings is 6. The van der Waals surface area contributed by atoms with Crippen molar-refractivity contribution < 1.29 is 21.3 Å². The van der Waals surface area contributed by atoms with E-state index in [-0.39, 0.29) is 39.3 Å². The van der Waals surface area contributed by atoms with Crippen LogP contribution in [0.4, 0.5) is 0 Å². The average molecular weight is 894 g/mol. The Morgan fingerprint density at radius 3 is 1.30 bits per heavy atom. The number of halogens is 4. The minimum Gasteiger partial charge on any atom is -0.147 e. The largest absolute Gasteiger partial charge is 0.147 e. The molecule has 0 nitrogen and oxygen atoms in total. The van der Waals surface area contributed by atoms with Crippen molar-refractivity contribution >= 4 is 51.2 Å². The molecule has 284 valence electrons. The molecular formula is C51H48Cl4Zr. The zero-order valence-electron chi connectivity index (χ0n) is 32.8. The summed E-state index contributed by atoms with van der Waals surface area (Å²) in [5.41, 5.74) is 15.9. The van der Waals surface area contributed by atoms with Gasteiger partial charge in [0.25, 0.3) is 0 Å². The zero-order chi connectivity index (χ0) is 37.8. The number of hydrogen-bond donors (Lipinski definition) is 0. The summed E-state index contributed by atoms with van der Waals surface area (Å²) in [4.78, 5) is 0. The van der Waals surface area contributed by atoms with Gasteiger partial charge in [0.15, 0.2) is 0 Å². The van der Waals surface area contributed by atoms with Crippen LogP contribution in [-0.4, -0.2) is 3.21 Å². The van der Waals surface area contributed by atoms with Crippen LogP contribution in [0, 0.1) is 0 Å². The summed E-state index contributed by atoms with van der Waals surface area (Å²) in [6.45, 7) is 14.1. The van der Waals surface area contributed by atoms with Crippen molar-refractivity contribution in [1.29, 1.82) is 0 Å². The standard InChI is InChI=1S/C33H31Cl2.C13H10.C5H5.2ClH.Zr/c1-32(2,3)30-18-26-22(16-28(30)20-7-11-24(34)12-8-20)15-23-17-29(21-9-13-25(35)14-10-21)31(19-27(23)26)33(4,5)6;1-3-7-12(8-4-1)11-13-9-5-2-6-10-13;1-2-4-5-3-1;;;/h7-19H,1-6H3;1-10H;1-3H,4H2;2*1H;. The first kappa shape index (κ1) is 42.3. The monoisotopic (exact) mass is 890 g/mol. The second-order valence-corrected chi connectivity index (χ2v) is 23.9. The smallest absolute Gasteiger partial charge is 0.147 e. The number of allylic oxidation sites excluding steroid dienone is 4. The van der Waals surface area contributed by atoms with Gasteiger partial charge in [-0.15, -0.1) is 24.8 Å². The normalized spacial score (nSPS) is 13.3. The SMILES string of the molecule is CC(C)(C)c1cc2c(cc1-c1ccc(Cl)cc1)[CH]([Zr]([C]1=CC=CC1)=[C](c1ccccc1)c1ccccc1)c1cc(-c3ccc(Cl)cc3)c(C(C)(C)C)cc1-2.Cl.Cl. The molecule has 0 atom stereocenters. The summed E-state index contributed by atoms with van der Waals surface area (Å²) in [5.74, 6) is 0. The minimum atomic E-state index is -2.96. The van der Waals surface area contributed by atoms with Crippen LogP contribution in [0.2, 0.25) is 10.0 Å². The molecular weight excluding hydrogens is 846 g/mol. The van der Waals surface area contributed by atoms with Gasteiger partial charge in [0, 0.05) is 0 Å². The fourth-order valence-corrected chi connectivity index (χ4v) is 17.7. The second-order valence-electron chi connectivity index (χ2n) is 16.8. The number of fused-ring (bicyclic) bond motifs is 3. The van der Waals surface area contributed by atoms with E-state index in [9.17, 15) is 0 Å². The Labute approximate surface area is 363 Å². The Hall–Kier alpha value is -3.29. The Balaban J connectivity index is 0.00000266. The summed E-state index contributed by atoms with van der Waals surface area (Å²) < 4.78 is 3.43. The molecule has 0 amide bonds. The molecule has 8 rings (SSSR count). The first-order valence-corrected chi connectivity index (χ1v) is 23.6. The van der Waals surface area contributed by atoms with E-state index in [0.29, 0.717) is 0 Å². The van der Waals surface area contributed by atoms with Crippen LogP contribution >= 0.6 is 48.0 Å². The Kier molecular flexibility index (Phi) is 12.8. The van der Waals surface area contributed by atoms with Crippen molar-refractivity contribution in [3.63, 3.8) is 0 Å². The van der Waals surface area contributed by atoms with Gasteiger partial charge in [0.1, 0.15) is 0 Å². The first-order chi connectivity index (χ1) is 25.9. The second kappa shape index (κ2) is 16.9. The molecule has 0 aromatic heterocycles. The summed E-state index contributed by atoms with van der Waals surface area (Å²) in [6.07, 6.45) is 8.13. The third kappa shape index (κ3) is 8.19. The topological polar surface area (TPSA) is 0 Å². The maximum absolute atomic E-state index is 6.48. The third-order valence-electron chi connectivity index (χ3n) is 11.0. The van der Waals surface area contributed by atoms with Crippen molar-refractivity contribution in [2.45, 2.75) is 62.4 Å². The van der Waals surface area contributed by atoms with E-state index in [1.165, 1.54) is 66.8 Å². The first-order valence-electron chi connectivity index (χ1n) is 19.0. The molecule has 0 saturated carbocycles. The van der Waals surface area contributed by atoms with Gasteiger partial charge in [0.05, 0.1) is 0 Å². The van der Waals surface area contributed by atoms with Crippen molar-refractivity contribution in [3.05, 3.63) is 198 Å². The summed E-state index contributed by atoms with van der Waals surface area (Å²) in [5, 5.41) is 1.52. The van der Waals surface area contributed by atoms with Gasteiger partial charge in [-0.1, -0.05) is 0 Å². The molecule has 0 saturated heterocycles. The van der Waals surface area contributed by atoms with Crippen LogP contribution < -0.4 is 0 Å². The van der Waals surface area contributed by atoms with Gasteiger partial charge >= 0.3 is 342 Å². The van der Waals surface area contributed by atoms with E-state index < -0.39 is 21.3 Å². The van der Waals surface area contributed by atoms with Gasteiger partial charge < -0.3 is 0 Å². The average Bonchev–Trinajstić information content (AvgIpc) is 3.80. The van der Waals surface area contributed by atoms with Crippen LogP contribution in [-0.2, 0) is 32.1 Å². The third-order valence-corrected chi connectivity index (χ3v) is 19.8. The summed E-state index contributed by atoms with van der Waals surface area (Å²) in [7, 11) is 0. The fraction of sp³-hybridized carbons (Fsp3) is 0.196. The van der Waals surface area contributed by atoms with E-state index in [1.807, 2.05) is 24.3 Å². The van der Waals surface area contributed by atoms with Crippen LogP contribution in [0.1, 0.15) is 85.0 Å². The fourth-order valence-electron chi connectivity index (χ4n) is 8.46. The number of rotatable bonds is 6. The maximum Gasteiger partial charge on any atom is -0.147 e. The molecule has 0 fully saturated rings. The van der Waals surface area contributed by atoms with Crippen molar-refractivity contribution in [2.75, 3.05) is 0 Å².